The Morgan fingerprint density at radius 2 is 2.55 bits per heavy atom. The van der Waals surface area contributed by atoms with Crippen molar-refractivity contribution in [2.75, 3.05) is 0 Å². The predicted molar refractivity (Wildman–Crippen MR) is 45.7 cm³/mol. The number of rotatable bonds is 1. The monoisotopic (exact) mass is 167 g/mol. The molecule has 0 radical (unpaired) electrons. The molecule has 0 aliphatic carbocycles. The Balaban J connectivity index is 2.70. The van der Waals surface area contributed by atoms with Crippen molar-refractivity contribution in [3.63, 3.8) is 0 Å². The average Bonchev–Trinajstić information content (AvgIpc) is 2.53. The van der Waals surface area contributed by atoms with Gasteiger partial charge in [-0.15, -0.1) is 11.3 Å². The van der Waals surface area contributed by atoms with Gasteiger partial charge in [0.05, 0.1) is 5.69 Å². The first-order chi connectivity index (χ1) is 5.31. The summed E-state index contributed by atoms with van der Waals surface area (Å²) in [6, 6.07) is 0. The van der Waals surface area contributed by atoms with E-state index in [2.05, 4.69) is 21.7 Å². The molecule has 0 aliphatic rings. The van der Waals surface area contributed by atoms with Crippen LogP contribution >= 0.6 is 11.3 Å². The molecule has 0 saturated carbocycles. The third kappa shape index (κ3) is 0.948. The van der Waals surface area contributed by atoms with E-state index in [1.807, 2.05) is 6.20 Å². The fourth-order valence-corrected chi connectivity index (χ4v) is 1.91. The number of nitrogens with two attached hydrogens (primary N) is 1. The summed E-state index contributed by atoms with van der Waals surface area (Å²) in [5, 5.41) is 2.09. The molecule has 2 aromatic heterocycles. The molecule has 4 heteroatoms. The summed E-state index contributed by atoms with van der Waals surface area (Å²) < 4.78 is 2.06. The van der Waals surface area contributed by atoms with Crippen LogP contribution in [-0.2, 0) is 6.54 Å². The van der Waals surface area contributed by atoms with Gasteiger partial charge in [-0.25, -0.2) is 4.98 Å². The van der Waals surface area contributed by atoms with Gasteiger partial charge in [0.2, 0.25) is 0 Å². The second-order valence-electron chi connectivity index (χ2n) is 2.47. The molecule has 0 aliphatic heterocycles. The number of fused-ring (bicyclic) bond motifs is 1. The summed E-state index contributed by atoms with van der Waals surface area (Å²) in [5.74, 6) is 0. The minimum absolute atomic E-state index is 0.522. The van der Waals surface area contributed by atoms with Crippen LogP contribution < -0.4 is 5.73 Å². The standard InChI is InChI=1S/C7H9N3S/c1-5-4-11-7-9-6(2-8)3-10(5)7/h3-4H,2,8H2,1H3. The molecule has 2 heterocycles. The molecule has 0 saturated heterocycles. The van der Waals surface area contributed by atoms with Gasteiger partial charge >= 0.3 is 0 Å². The quantitative estimate of drug-likeness (QED) is 0.692. The Bertz CT molecular complexity index is 374. The first-order valence-electron chi connectivity index (χ1n) is 3.43. The maximum Gasteiger partial charge on any atom is 0.194 e. The first kappa shape index (κ1) is 6.82. The molecular weight excluding hydrogens is 158 g/mol. The Morgan fingerprint density at radius 3 is 3.18 bits per heavy atom. The second kappa shape index (κ2) is 2.32. The van der Waals surface area contributed by atoms with E-state index in [9.17, 15) is 0 Å². The number of thiazole rings is 1. The molecule has 2 rings (SSSR count). The number of aromatic nitrogens is 2. The SMILES string of the molecule is Cc1csc2nc(CN)cn12. The molecule has 2 N–H and O–H groups in total. The second-order valence-corrected chi connectivity index (χ2v) is 3.30. The van der Waals surface area contributed by atoms with Crippen molar-refractivity contribution in [3.8, 4) is 0 Å². The highest BCUT2D eigenvalue weighted by Crippen LogP contribution is 2.15. The lowest BCUT2D eigenvalue weighted by molar-refractivity contribution is 1.01. The van der Waals surface area contributed by atoms with Crippen LogP contribution in [0, 0.1) is 6.92 Å². The lowest BCUT2D eigenvalue weighted by atomic mass is 10.5. The van der Waals surface area contributed by atoms with Gasteiger partial charge < -0.3 is 5.73 Å². The molecule has 0 aromatic carbocycles. The molecule has 58 valence electrons. The van der Waals surface area contributed by atoms with Crippen molar-refractivity contribution >= 4 is 16.3 Å². The summed E-state index contributed by atoms with van der Waals surface area (Å²) in [6.07, 6.45) is 1.99. The fraction of sp³-hybridized carbons (Fsp3) is 0.286. The number of imidazole rings is 1. The van der Waals surface area contributed by atoms with Crippen LogP contribution in [0.25, 0.3) is 4.96 Å². The zero-order valence-corrected chi connectivity index (χ0v) is 7.06. The van der Waals surface area contributed by atoms with Crippen LogP contribution in [-0.4, -0.2) is 9.38 Å². The number of aryl methyl sites for hydroxylation is 1. The van der Waals surface area contributed by atoms with Crippen molar-refractivity contribution in [2.45, 2.75) is 13.5 Å². The molecule has 0 bridgehead atoms. The maximum atomic E-state index is 5.45. The van der Waals surface area contributed by atoms with Gasteiger partial charge in [-0.05, 0) is 6.92 Å². The molecule has 2 aromatic rings. The average molecular weight is 167 g/mol. The van der Waals surface area contributed by atoms with Crippen LogP contribution in [0.4, 0.5) is 0 Å². The van der Waals surface area contributed by atoms with E-state index in [0.717, 1.165) is 10.7 Å². The maximum absolute atomic E-state index is 5.45. The van der Waals surface area contributed by atoms with Crippen molar-refractivity contribution in [1.29, 1.82) is 0 Å². The Kier molecular flexibility index (Phi) is 1.44. The van der Waals surface area contributed by atoms with Crippen molar-refractivity contribution in [1.82, 2.24) is 9.38 Å². The zero-order valence-electron chi connectivity index (χ0n) is 6.24. The molecule has 0 amide bonds. The van der Waals surface area contributed by atoms with Gasteiger partial charge in [0.25, 0.3) is 0 Å². The Labute approximate surface area is 68.5 Å². The van der Waals surface area contributed by atoms with E-state index in [4.69, 9.17) is 5.73 Å². The van der Waals surface area contributed by atoms with Gasteiger partial charge in [0, 0.05) is 23.8 Å². The van der Waals surface area contributed by atoms with Crippen molar-refractivity contribution < 1.29 is 0 Å². The highest BCUT2D eigenvalue weighted by molar-refractivity contribution is 7.15. The number of nitrogens with zero attached hydrogens (tertiary/aromatic N) is 2. The van der Waals surface area contributed by atoms with Crippen LogP contribution in [0.15, 0.2) is 11.6 Å². The Hall–Kier alpha value is -0.870. The lowest BCUT2D eigenvalue weighted by Crippen LogP contribution is -1.95. The molecule has 0 atom stereocenters. The van der Waals surface area contributed by atoms with Crippen molar-refractivity contribution in [2.24, 2.45) is 5.73 Å². The molecule has 3 nitrogen and oxygen atoms in total. The van der Waals surface area contributed by atoms with Crippen molar-refractivity contribution in [3.05, 3.63) is 23.0 Å². The zero-order chi connectivity index (χ0) is 7.84. The fourth-order valence-electron chi connectivity index (χ4n) is 1.04. The summed E-state index contributed by atoms with van der Waals surface area (Å²) >= 11 is 1.65. The van der Waals surface area contributed by atoms with Gasteiger partial charge in [-0.2, -0.15) is 0 Å². The van der Waals surface area contributed by atoms with Gasteiger partial charge in [-0.3, -0.25) is 4.40 Å². The highest BCUT2D eigenvalue weighted by Gasteiger charge is 2.02. The van der Waals surface area contributed by atoms with Gasteiger partial charge in [0.1, 0.15) is 0 Å². The smallest absolute Gasteiger partial charge is 0.194 e. The van der Waals surface area contributed by atoms with E-state index in [0.29, 0.717) is 6.54 Å². The van der Waals surface area contributed by atoms with Crippen LogP contribution in [0.3, 0.4) is 0 Å². The topological polar surface area (TPSA) is 43.3 Å². The van der Waals surface area contributed by atoms with E-state index in [1.165, 1.54) is 5.69 Å². The number of hydrogen-bond donors (Lipinski definition) is 1. The molecule has 0 spiro atoms. The first-order valence-corrected chi connectivity index (χ1v) is 4.31. The van der Waals surface area contributed by atoms with E-state index < -0.39 is 0 Å². The molecule has 0 fully saturated rings. The van der Waals surface area contributed by atoms with Gasteiger partial charge in [0.15, 0.2) is 4.96 Å². The summed E-state index contributed by atoms with van der Waals surface area (Å²) in [7, 11) is 0. The number of hydrogen-bond acceptors (Lipinski definition) is 3. The lowest BCUT2D eigenvalue weighted by Gasteiger charge is -1.84. The molecular formula is C7H9N3S. The minimum atomic E-state index is 0.522. The van der Waals surface area contributed by atoms with Crippen LogP contribution in [0.2, 0.25) is 0 Å². The summed E-state index contributed by atoms with van der Waals surface area (Å²) in [6.45, 7) is 2.58. The summed E-state index contributed by atoms with van der Waals surface area (Å²) in [4.78, 5) is 5.34. The minimum Gasteiger partial charge on any atom is -0.325 e. The third-order valence-corrected chi connectivity index (χ3v) is 2.61. The normalized spacial score (nSPS) is 11.1. The van der Waals surface area contributed by atoms with E-state index in [1.54, 1.807) is 11.3 Å². The predicted octanol–water partition coefficient (Wildman–Crippen LogP) is 1.16. The van der Waals surface area contributed by atoms with Crippen LogP contribution in [0.1, 0.15) is 11.4 Å². The van der Waals surface area contributed by atoms with E-state index in [-0.39, 0.29) is 0 Å². The molecule has 11 heavy (non-hydrogen) atoms. The largest absolute Gasteiger partial charge is 0.325 e. The summed E-state index contributed by atoms with van der Waals surface area (Å²) in [5.41, 5.74) is 7.63. The highest BCUT2D eigenvalue weighted by atomic mass is 32.1. The third-order valence-electron chi connectivity index (χ3n) is 1.65. The van der Waals surface area contributed by atoms with E-state index >= 15 is 0 Å². The Morgan fingerprint density at radius 1 is 1.73 bits per heavy atom. The molecule has 0 unspecified atom stereocenters. The van der Waals surface area contributed by atoms with Gasteiger partial charge in [-0.1, -0.05) is 0 Å². The van der Waals surface area contributed by atoms with Crippen LogP contribution in [0.5, 0.6) is 0 Å².